The summed E-state index contributed by atoms with van der Waals surface area (Å²) in [7, 11) is 0. The molecule has 3 aromatic carbocycles. The number of anilines is 1. The lowest BCUT2D eigenvalue weighted by atomic mass is 9.80. The Morgan fingerprint density at radius 2 is 1.91 bits per heavy atom. The number of nitrogens with zero attached hydrogens (tertiary/aromatic N) is 2. The maximum absolute atomic E-state index is 15.2. The van der Waals surface area contributed by atoms with Crippen LogP contribution >= 0.6 is 11.9 Å². The highest BCUT2D eigenvalue weighted by atomic mass is 32.2. The van der Waals surface area contributed by atoms with Gasteiger partial charge in [-0.2, -0.15) is 5.26 Å². The van der Waals surface area contributed by atoms with Gasteiger partial charge in [0.25, 0.3) is 0 Å². The molecule has 0 saturated heterocycles. The smallest absolute Gasteiger partial charge is 0.307 e. The average molecular weight is 447 g/mol. The standard InChI is InChI=1S/C26H23FN2O2S/c1-14-8-9-19(18(10-14)12-28)23-16(3)24-25-17(6-5-7-21(25)27)13-29(32-4)26(24)15(2)20(23)11-22(30)31/h5-10H,11,13H2,1-4H3,(H,30,31). The lowest BCUT2D eigenvalue weighted by molar-refractivity contribution is -0.136. The number of halogens is 1. The van der Waals surface area contributed by atoms with Crippen molar-refractivity contribution in [2.75, 3.05) is 10.6 Å². The third kappa shape index (κ3) is 3.43. The number of rotatable bonds is 4. The highest BCUT2D eigenvalue weighted by molar-refractivity contribution is 7.99. The maximum Gasteiger partial charge on any atom is 0.307 e. The van der Waals surface area contributed by atoms with E-state index in [0.29, 0.717) is 34.4 Å². The molecule has 162 valence electrons. The van der Waals surface area contributed by atoms with Crippen LogP contribution in [0.3, 0.4) is 0 Å². The van der Waals surface area contributed by atoms with Crippen LogP contribution in [0.15, 0.2) is 36.4 Å². The van der Waals surface area contributed by atoms with Crippen LogP contribution in [0.25, 0.3) is 22.3 Å². The molecule has 0 aliphatic carbocycles. The first-order valence-electron chi connectivity index (χ1n) is 10.3. The van der Waals surface area contributed by atoms with Crippen LogP contribution in [-0.4, -0.2) is 17.3 Å². The molecule has 0 radical (unpaired) electrons. The van der Waals surface area contributed by atoms with E-state index in [0.717, 1.165) is 33.5 Å². The van der Waals surface area contributed by atoms with Gasteiger partial charge in [-0.25, -0.2) is 4.39 Å². The molecule has 0 unspecified atom stereocenters. The SMILES string of the molecule is CSN1Cc2cccc(F)c2-c2c(C)c(-c3ccc(C)cc3C#N)c(CC(=O)O)c(C)c21. The van der Waals surface area contributed by atoms with E-state index in [2.05, 4.69) is 10.4 Å². The second kappa shape index (κ2) is 8.33. The van der Waals surface area contributed by atoms with E-state index >= 15 is 4.39 Å². The molecule has 1 aliphatic rings. The van der Waals surface area contributed by atoms with Crippen molar-refractivity contribution in [3.05, 3.63) is 75.6 Å². The first-order valence-corrected chi connectivity index (χ1v) is 11.4. The van der Waals surface area contributed by atoms with Crippen LogP contribution in [0.2, 0.25) is 0 Å². The lowest BCUT2D eigenvalue weighted by Gasteiger charge is -2.36. The summed E-state index contributed by atoms with van der Waals surface area (Å²) in [5, 5.41) is 19.5. The minimum atomic E-state index is -0.947. The number of hydrogen-bond acceptors (Lipinski definition) is 4. The molecular weight excluding hydrogens is 423 g/mol. The zero-order valence-corrected chi connectivity index (χ0v) is 19.2. The van der Waals surface area contributed by atoms with Crippen LogP contribution in [0.4, 0.5) is 10.1 Å². The van der Waals surface area contributed by atoms with E-state index in [-0.39, 0.29) is 12.2 Å². The van der Waals surface area contributed by atoms with Crippen molar-refractivity contribution in [2.45, 2.75) is 33.7 Å². The quantitative estimate of drug-likeness (QED) is 0.485. The van der Waals surface area contributed by atoms with Gasteiger partial charge in [0.15, 0.2) is 0 Å². The van der Waals surface area contributed by atoms with Gasteiger partial charge in [0.05, 0.1) is 30.3 Å². The van der Waals surface area contributed by atoms with Crippen molar-refractivity contribution in [3.8, 4) is 28.3 Å². The third-order valence-corrected chi connectivity index (χ3v) is 6.88. The van der Waals surface area contributed by atoms with Crippen molar-refractivity contribution in [3.63, 3.8) is 0 Å². The highest BCUT2D eigenvalue weighted by Gasteiger charge is 2.32. The molecule has 32 heavy (non-hydrogen) atoms. The van der Waals surface area contributed by atoms with E-state index in [1.807, 2.05) is 45.2 Å². The number of carboxylic acids is 1. The summed E-state index contributed by atoms with van der Waals surface area (Å²) in [5.41, 5.74) is 8.11. The summed E-state index contributed by atoms with van der Waals surface area (Å²) in [4.78, 5) is 11.9. The van der Waals surface area contributed by atoms with Crippen LogP contribution in [0.1, 0.15) is 33.4 Å². The van der Waals surface area contributed by atoms with Crippen molar-refractivity contribution in [1.29, 1.82) is 5.26 Å². The molecule has 1 heterocycles. The Kier molecular flexibility index (Phi) is 5.70. The van der Waals surface area contributed by atoms with Crippen LogP contribution in [0, 0.1) is 37.9 Å². The fourth-order valence-corrected chi connectivity index (χ4v) is 5.42. The van der Waals surface area contributed by atoms with E-state index in [4.69, 9.17) is 0 Å². The summed E-state index contributed by atoms with van der Waals surface area (Å²) in [5.74, 6) is -1.24. The second-order valence-corrected chi connectivity index (χ2v) is 8.86. The molecule has 6 heteroatoms. The van der Waals surface area contributed by atoms with E-state index in [1.165, 1.54) is 18.0 Å². The van der Waals surface area contributed by atoms with Gasteiger partial charge >= 0.3 is 5.97 Å². The Morgan fingerprint density at radius 3 is 2.56 bits per heavy atom. The molecule has 0 aromatic heterocycles. The molecule has 0 amide bonds. The monoisotopic (exact) mass is 446 g/mol. The normalized spacial score (nSPS) is 12.2. The lowest BCUT2D eigenvalue weighted by Crippen LogP contribution is -2.23. The Bertz CT molecular complexity index is 1310. The van der Waals surface area contributed by atoms with Gasteiger partial charge < -0.3 is 9.41 Å². The Hall–Kier alpha value is -3.30. The van der Waals surface area contributed by atoms with Gasteiger partial charge in [0.1, 0.15) is 5.82 Å². The summed E-state index contributed by atoms with van der Waals surface area (Å²) in [6.45, 7) is 6.24. The zero-order valence-electron chi connectivity index (χ0n) is 18.4. The first kappa shape index (κ1) is 21.9. The van der Waals surface area contributed by atoms with Crippen molar-refractivity contribution in [1.82, 2.24) is 0 Å². The molecule has 0 bridgehead atoms. The predicted molar refractivity (Wildman–Crippen MR) is 127 cm³/mol. The van der Waals surface area contributed by atoms with Gasteiger partial charge in [0, 0.05) is 22.9 Å². The molecule has 4 nitrogen and oxygen atoms in total. The van der Waals surface area contributed by atoms with Gasteiger partial charge in [-0.05, 0) is 66.3 Å². The van der Waals surface area contributed by atoms with Crippen LogP contribution in [-0.2, 0) is 17.8 Å². The van der Waals surface area contributed by atoms with Crippen molar-refractivity contribution >= 4 is 23.6 Å². The van der Waals surface area contributed by atoms with Crippen LogP contribution < -0.4 is 4.31 Å². The summed E-state index contributed by atoms with van der Waals surface area (Å²) in [6.07, 6.45) is 1.78. The number of fused-ring (bicyclic) bond motifs is 3. The Morgan fingerprint density at radius 1 is 1.16 bits per heavy atom. The van der Waals surface area contributed by atoms with E-state index in [9.17, 15) is 15.2 Å². The molecule has 0 atom stereocenters. The second-order valence-electron chi connectivity index (χ2n) is 8.05. The number of benzene rings is 3. The predicted octanol–water partition coefficient (Wildman–Crippen LogP) is 6.18. The summed E-state index contributed by atoms with van der Waals surface area (Å²) in [6, 6.07) is 12.9. The number of nitriles is 1. The fourth-order valence-electron chi connectivity index (χ4n) is 4.74. The van der Waals surface area contributed by atoms with E-state index in [1.54, 1.807) is 12.1 Å². The largest absolute Gasteiger partial charge is 0.481 e. The number of aliphatic carboxylic acids is 1. The van der Waals surface area contributed by atoms with E-state index < -0.39 is 5.97 Å². The topological polar surface area (TPSA) is 64.3 Å². The molecule has 1 N–H and O–H groups in total. The molecular formula is C26H23FN2O2S. The zero-order chi connectivity index (χ0) is 23.2. The fraction of sp³-hybridized carbons (Fsp3) is 0.231. The maximum atomic E-state index is 15.2. The highest BCUT2D eigenvalue weighted by Crippen LogP contribution is 2.51. The number of hydrogen-bond donors (Lipinski definition) is 1. The van der Waals surface area contributed by atoms with Gasteiger partial charge in [0.2, 0.25) is 0 Å². The minimum absolute atomic E-state index is 0.180. The van der Waals surface area contributed by atoms with Crippen LogP contribution in [0.5, 0.6) is 0 Å². The van der Waals surface area contributed by atoms with Gasteiger partial charge in [-0.3, -0.25) is 4.79 Å². The number of carbonyl (C=O) groups is 1. The Balaban J connectivity index is 2.19. The minimum Gasteiger partial charge on any atom is -0.481 e. The molecule has 0 saturated carbocycles. The molecule has 3 aromatic rings. The molecule has 1 aliphatic heterocycles. The third-order valence-electron chi connectivity index (χ3n) is 6.12. The number of carboxylic acid groups (broad SMARTS) is 1. The molecule has 4 rings (SSSR count). The van der Waals surface area contributed by atoms with Gasteiger partial charge in [-0.1, -0.05) is 36.2 Å². The Labute approximate surface area is 191 Å². The first-order chi connectivity index (χ1) is 15.3. The average Bonchev–Trinajstić information content (AvgIpc) is 2.76. The molecule has 0 spiro atoms. The summed E-state index contributed by atoms with van der Waals surface area (Å²) < 4.78 is 17.3. The summed E-state index contributed by atoms with van der Waals surface area (Å²) >= 11 is 1.53. The number of aryl methyl sites for hydroxylation is 1. The van der Waals surface area contributed by atoms with Crippen molar-refractivity contribution in [2.24, 2.45) is 0 Å². The van der Waals surface area contributed by atoms with Crippen molar-refractivity contribution < 1.29 is 14.3 Å². The molecule has 0 fully saturated rings. The van der Waals surface area contributed by atoms with Gasteiger partial charge in [-0.15, -0.1) is 0 Å².